The smallest absolute Gasteiger partial charge is 0.321 e. The lowest BCUT2D eigenvalue weighted by Crippen LogP contribution is -2.40. The van der Waals surface area contributed by atoms with Gasteiger partial charge in [0.15, 0.2) is 5.11 Å². The molecule has 1 aromatic heterocycles. The standard InChI is InChI=1S/C32H38N6O3S3/c1-21(2)34-30(42)35-24-14-12-23(13-15-24)29-33-19-27(43-29)26-17-16-25(18-28(26)44(40,41)37-32(3,4)5)36-31(39)38(6)20-22-10-8-7-9-11-22/h7-19,21,37H,20H2,1-6H3,(H,36,39)(H2,34,35,42). The van der Waals surface area contributed by atoms with Crippen LogP contribution in [0.2, 0.25) is 0 Å². The van der Waals surface area contributed by atoms with Gasteiger partial charge in [0.05, 0.1) is 9.77 Å². The largest absolute Gasteiger partial charge is 0.360 e. The average molecular weight is 651 g/mol. The lowest BCUT2D eigenvalue weighted by Gasteiger charge is -2.22. The number of benzene rings is 3. The van der Waals surface area contributed by atoms with Crippen molar-refractivity contribution >= 4 is 56.1 Å². The molecular weight excluding hydrogens is 613 g/mol. The Morgan fingerprint density at radius 1 is 0.977 bits per heavy atom. The van der Waals surface area contributed by atoms with E-state index in [1.165, 1.54) is 22.3 Å². The summed E-state index contributed by atoms with van der Waals surface area (Å²) in [5, 5.41) is 10.4. The molecule has 0 unspecified atom stereocenters. The van der Waals surface area contributed by atoms with Crippen molar-refractivity contribution in [1.29, 1.82) is 0 Å². The van der Waals surface area contributed by atoms with E-state index < -0.39 is 15.6 Å². The number of hydrogen-bond donors (Lipinski definition) is 4. The van der Waals surface area contributed by atoms with Crippen LogP contribution in [0, 0.1) is 0 Å². The number of thiazole rings is 1. The summed E-state index contributed by atoms with van der Waals surface area (Å²) in [4.78, 5) is 19.8. The fraction of sp³-hybridized carbons (Fsp3) is 0.281. The van der Waals surface area contributed by atoms with E-state index in [0.717, 1.165) is 21.8 Å². The average Bonchev–Trinajstić information content (AvgIpc) is 3.42. The number of aromatic nitrogens is 1. The van der Waals surface area contributed by atoms with Crippen LogP contribution >= 0.6 is 23.6 Å². The van der Waals surface area contributed by atoms with E-state index in [1.807, 2.05) is 68.4 Å². The molecule has 0 aliphatic rings. The molecule has 2 amide bonds. The molecule has 3 aromatic carbocycles. The Morgan fingerprint density at radius 3 is 2.27 bits per heavy atom. The van der Waals surface area contributed by atoms with Gasteiger partial charge in [0.25, 0.3) is 0 Å². The Kier molecular flexibility index (Phi) is 10.4. The first-order valence-corrected chi connectivity index (χ1v) is 16.8. The minimum absolute atomic E-state index is 0.0526. The maximum atomic E-state index is 13.7. The molecule has 0 aliphatic carbocycles. The van der Waals surface area contributed by atoms with Crippen LogP contribution in [0.1, 0.15) is 40.2 Å². The minimum Gasteiger partial charge on any atom is -0.360 e. The molecule has 0 saturated heterocycles. The molecule has 4 N–H and O–H groups in total. The van der Waals surface area contributed by atoms with Gasteiger partial charge in [-0.1, -0.05) is 36.4 Å². The topological polar surface area (TPSA) is 115 Å². The van der Waals surface area contributed by atoms with Gasteiger partial charge in [-0.3, -0.25) is 0 Å². The highest BCUT2D eigenvalue weighted by molar-refractivity contribution is 7.89. The molecule has 44 heavy (non-hydrogen) atoms. The quantitative estimate of drug-likeness (QED) is 0.146. The second-order valence-corrected chi connectivity index (χ2v) is 14.8. The van der Waals surface area contributed by atoms with Crippen molar-refractivity contribution in [2.45, 2.75) is 57.6 Å². The van der Waals surface area contributed by atoms with Gasteiger partial charge in [-0.2, -0.15) is 0 Å². The summed E-state index contributed by atoms with van der Waals surface area (Å²) in [5.74, 6) is 0. The molecule has 0 spiro atoms. The number of carbonyl (C=O) groups is 1. The van der Waals surface area contributed by atoms with Gasteiger partial charge < -0.3 is 20.9 Å². The van der Waals surface area contributed by atoms with Crippen LogP contribution in [0.15, 0.2) is 83.9 Å². The fourth-order valence-corrected chi connectivity index (χ4v) is 7.33. The maximum Gasteiger partial charge on any atom is 0.321 e. The zero-order valence-electron chi connectivity index (χ0n) is 25.6. The van der Waals surface area contributed by atoms with Crippen LogP contribution in [-0.2, 0) is 16.6 Å². The van der Waals surface area contributed by atoms with Gasteiger partial charge >= 0.3 is 6.03 Å². The SMILES string of the molecule is CC(C)NC(=S)Nc1ccc(-c2ncc(-c3ccc(NC(=O)N(C)Cc4ccccc4)cc3S(=O)(=O)NC(C)(C)C)s2)cc1. The first-order chi connectivity index (χ1) is 20.7. The van der Waals surface area contributed by atoms with Crippen molar-refractivity contribution < 1.29 is 13.2 Å². The predicted molar refractivity (Wildman–Crippen MR) is 184 cm³/mol. The zero-order chi connectivity index (χ0) is 32.1. The summed E-state index contributed by atoms with van der Waals surface area (Å²) >= 11 is 6.71. The molecule has 12 heteroatoms. The van der Waals surface area contributed by atoms with Gasteiger partial charge in [0, 0.05) is 53.9 Å². The Hall–Kier alpha value is -3.84. The van der Waals surface area contributed by atoms with Gasteiger partial charge in [-0.05, 0) is 88.8 Å². The number of rotatable bonds is 9. The minimum atomic E-state index is -3.97. The third-order valence-electron chi connectivity index (χ3n) is 6.15. The maximum absolute atomic E-state index is 13.7. The summed E-state index contributed by atoms with van der Waals surface area (Å²) in [6.45, 7) is 9.78. The van der Waals surface area contributed by atoms with Gasteiger partial charge in [-0.25, -0.2) is 22.9 Å². The third-order valence-corrected chi connectivity index (χ3v) is 9.25. The fourth-order valence-electron chi connectivity index (χ4n) is 4.29. The van der Waals surface area contributed by atoms with E-state index in [9.17, 15) is 13.2 Å². The highest BCUT2D eigenvalue weighted by atomic mass is 32.2. The van der Waals surface area contributed by atoms with E-state index in [1.54, 1.807) is 46.1 Å². The monoisotopic (exact) mass is 650 g/mol. The summed E-state index contributed by atoms with van der Waals surface area (Å²) in [6, 6.07) is 22.1. The number of nitrogens with zero attached hydrogens (tertiary/aromatic N) is 2. The normalized spacial score (nSPS) is 11.7. The number of sulfonamides is 1. The Balaban J connectivity index is 1.60. The second kappa shape index (κ2) is 13.9. The van der Waals surface area contributed by atoms with Gasteiger partial charge in [0.2, 0.25) is 10.0 Å². The van der Waals surface area contributed by atoms with Crippen LogP contribution in [-0.4, -0.2) is 48.1 Å². The molecule has 0 atom stereocenters. The lowest BCUT2D eigenvalue weighted by atomic mass is 10.1. The second-order valence-electron chi connectivity index (χ2n) is 11.7. The number of nitrogens with one attached hydrogen (secondary N) is 4. The number of hydrogen-bond acceptors (Lipinski definition) is 6. The van der Waals surface area contributed by atoms with Crippen LogP contribution in [0.4, 0.5) is 16.2 Å². The van der Waals surface area contributed by atoms with E-state index >= 15 is 0 Å². The lowest BCUT2D eigenvalue weighted by molar-refractivity contribution is 0.220. The van der Waals surface area contributed by atoms with Crippen LogP contribution in [0.25, 0.3) is 21.0 Å². The predicted octanol–water partition coefficient (Wildman–Crippen LogP) is 6.91. The van der Waals surface area contributed by atoms with Gasteiger partial charge in [-0.15, -0.1) is 11.3 Å². The molecule has 9 nitrogen and oxygen atoms in total. The Bertz CT molecular complexity index is 1710. The third kappa shape index (κ3) is 9.08. The Labute approximate surface area is 269 Å². The molecule has 0 aliphatic heterocycles. The number of thiocarbonyl (C=S) groups is 1. The molecule has 4 rings (SSSR count). The van der Waals surface area contributed by atoms with Crippen molar-refractivity contribution in [1.82, 2.24) is 19.9 Å². The molecule has 0 radical (unpaired) electrons. The van der Waals surface area contributed by atoms with Gasteiger partial charge in [0.1, 0.15) is 5.01 Å². The van der Waals surface area contributed by atoms with Crippen molar-refractivity contribution in [3.05, 3.63) is 84.6 Å². The number of carbonyl (C=O) groups excluding carboxylic acids is 1. The van der Waals surface area contributed by atoms with E-state index in [4.69, 9.17) is 12.2 Å². The molecule has 0 bridgehead atoms. The first kappa shape index (κ1) is 33.1. The van der Waals surface area contributed by atoms with Crippen molar-refractivity contribution in [2.24, 2.45) is 0 Å². The Morgan fingerprint density at radius 2 is 1.64 bits per heavy atom. The highest BCUT2D eigenvalue weighted by Gasteiger charge is 2.27. The summed E-state index contributed by atoms with van der Waals surface area (Å²) < 4.78 is 30.0. The molecule has 232 valence electrons. The molecule has 0 saturated carbocycles. The number of anilines is 2. The van der Waals surface area contributed by atoms with Crippen LogP contribution in [0.5, 0.6) is 0 Å². The number of urea groups is 1. The number of amides is 2. The highest BCUT2D eigenvalue weighted by Crippen LogP contribution is 2.37. The van der Waals surface area contributed by atoms with Crippen molar-refractivity contribution in [2.75, 3.05) is 17.7 Å². The molecule has 1 heterocycles. The molecule has 0 fully saturated rings. The van der Waals surface area contributed by atoms with E-state index in [2.05, 4.69) is 25.7 Å². The van der Waals surface area contributed by atoms with E-state index in [0.29, 0.717) is 27.8 Å². The van der Waals surface area contributed by atoms with Crippen molar-refractivity contribution in [3.63, 3.8) is 0 Å². The first-order valence-electron chi connectivity index (χ1n) is 14.1. The zero-order valence-corrected chi connectivity index (χ0v) is 28.1. The van der Waals surface area contributed by atoms with Crippen molar-refractivity contribution in [3.8, 4) is 21.0 Å². The summed E-state index contributed by atoms with van der Waals surface area (Å²) in [5.41, 5.74) is 2.86. The summed E-state index contributed by atoms with van der Waals surface area (Å²) in [6.07, 6.45) is 1.67. The van der Waals surface area contributed by atoms with E-state index in [-0.39, 0.29) is 17.0 Å². The van der Waals surface area contributed by atoms with Crippen LogP contribution in [0.3, 0.4) is 0 Å². The molecule has 4 aromatic rings. The summed E-state index contributed by atoms with van der Waals surface area (Å²) in [7, 11) is -2.28. The van der Waals surface area contributed by atoms with Crippen LogP contribution < -0.4 is 20.7 Å². The molecular formula is C32H38N6O3S3.